The lowest BCUT2D eigenvalue weighted by Crippen LogP contribution is -2.60. The van der Waals surface area contributed by atoms with Gasteiger partial charge in [0.15, 0.2) is 0 Å². The molecule has 2 aromatic rings. The Labute approximate surface area is 190 Å². The van der Waals surface area contributed by atoms with Crippen molar-refractivity contribution in [1.29, 1.82) is 0 Å². The van der Waals surface area contributed by atoms with E-state index in [4.69, 9.17) is 4.74 Å². The molecule has 8 heteroatoms. The van der Waals surface area contributed by atoms with Gasteiger partial charge in [-0.2, -0.15) is 11.8 Å². The number of nitrogens with one attached hydrogen (secondary N) is 2. The molecular formula is C24H26N2O5S. The smallest absolute Gasteiger partial charge is 0.407 e. The van der Waals surface area contributed by atoms with E-state index in [0.29, 0.717) is 0 Å². The number of amides is 2. The van der Waals surface area contributed by atoms with Crippen LogP contribution in [0.3, 0.4) is 0 Å². The normalized spacial score (nSPS) is 19.1. The molecule has 0 aromatic heterocycles. The molecule has 0 spiro atoms. The third kappa shape index (κ3) is 4.46. The number of carboxylic acids is 1. The maximum atomic E-state index is 12.6. The molecule has 1 heterocycles. The zero-order chi connectivity index (χ0) is 22.9. The van der Waals surface area contributed by atoms with E-state index in [9.17, 15) is 19.5 Å². The summed E-state index contributed by atoms with van der Waals surface area (Å²) in [5, 5.41) is 14.5. The number of thioether (sulfide) groups is 1. The fourth-order valence-corrected chi connectivity index (χ4v) is 5.30. The van der Waals surface area contributed by atoms with Gasteiger partial charge in [0, 0.05) is 16.4 Å². The van der Waals surface area contributed by atoms with Crippen LogP contribution in [0.4, 0.5) is 4.79 Å². The predicted octanol–water partition coefficient (Wildman–Crippen LogP) is 3.38. The van der Waals surface area contributed by atoms with E-state index in [1.54, 1.807) is 11.8 Å². The van der Waals surface area contributed by atoms with Crippen molar-refractivity contribution < 1.29 is 24.2 Å². The molecule has 4 rings (SSSR count). The largest absolute Gasteiger partial charge is 0.481 e. The average molecular weight is 455 g/mol. The molecule has 0 radical (unpaired) electrons. The van der Waals surface area contributed by atoms with Crippen LogP contribution in [-0.4, -0.2) is 52.3 Å². The molecule has 168 valence electrons. The first kappa shape index (κ1) is 22.2. The van der Waals surface area contributed by atoms with E-state index in [0.717, 1.165) is 28.0 Å². The van der Waals surface area contributed by atoms with Crippen molar-refractivity contribution in [2.45, 2.75) is 43.0 Å². The Morgan fingerprint density at radius 2 is 1.69 bits per heavy atom. The van der Waals surface area contributed by atoms with Crippen molar-refractivity contribution in [2.75, 3.05) is 12.4 Å². The molecule has 3 N–H and O–H groups in total. The lowest BCUT2D eigenvalue weighted by molar-refractivity contribution is -0.140. The number of aliphatic carboxylic acids is 1. The highest BCUT2D eigenvalue weighted by molar-refractivity contribution is 8.02. The molecule has 1 saturated heterocycles. The fraction of sp³-hybridized carbons (Fsp3) is 0.375. The van der Waals surface area contributed by atoms with Crippen LogP contribution in [0.1, 0.15) is 37.3 Å². The summed E-state index contributed by atoms with van der Waals surface area (Å²) in [6.07, 6.45) is -1.33. The van der Waals surface area contributed by atoms with Crippen molar-refractivity contribution in [3.63, 3.8) is 0 Å². The molecule has 0 saturated carbocycles. The number of benzene rings is 2. The number of hydrogen-bond donors (Lipinski definition) is 3. The zero-order valence-electron chi connectivity index (χ0n) is 18.0. The highest BCUT2D eigenvalue weighted by atomic mass is 32.2. The molecular weight excluding hydrogens is 428 g/mol. The van der Waals surface area contributed by atoms with Gasteiger partial charge in [0.2, 0.25) is 5.91 Å². The first-order valence-corrected chi connectivity index (χ1v) is 11.5. The van der Waals surface area contributed by atoms with Crippen LogP contribution < -0.4 is 10.6 Å². The molecule has 1 aliphatic heterocycles. The SMILES string of the molecule is CC1(C)SCC1NC(=O)C(CC(=O)O)NC(=O)OCC1c2ccccc2-c2ccccc21. The predicted molar refractivity (Wildman–Crippen MR) is 123 cm³/mol. The molecule has 1 fully saturated rings. The summed E-state index contributed by atoms with van der Waals surface area (Å²) in [7, 11) is 0. The number of rotatable bonds is 7. The van der Waals surface area contributed by atoms with E-state index in [1.165, 1.54) is 0 Å². The molecule has 2 aromatic carbocycles. The van der Waals surface area contributed by atoms with Crippen LogP contribution in [-0.2, 0) is 14.3 Å². The average Bonchev–Trinajstić information content (AvgIpc) is 3.08. The summed E-state index contributed by atoms with van der Waals surface area (Å²) in [5.41, 5.74) is 4.37. The lowest BCUT2D eigenvalue weighted by atomic mass is 9.98. The summed E-state index contributed by atoms with van der Waals surface area (Å²) in [6.45, 7) is 4.11. The fourth-order valence-electron chi connectivity index (χ4n) is 4.15. The van der Waals surface area contributed by atoms with Gasteiger partial charge in [-0.1, -0.05) is 48.5 Å². The molecule has 0 bridgehead atoms. The van der Waals surface area contributed by atoms with Gasteiger partial charge in [-0.05, 0) is 36.1 Å². The van der Waals surface area contributed by atoms with Gasteiger partial charge in [0.1, 0.15) is 12.6 Å². The summed E-state index contributed by atoms with van der Waals surface area (Å²) < 4.78 is 5.34. The van der Waals surface area contributed by atoms with Crippen LogP contribution in [0.15, 0.2) is 48.5 Å². The van der Waals surface area contributed by atoms with Crippen molar-refractivity contribution >= 4 is 29.7 Å². The number of carbonyl (C=O) groups is 3. The van der Waals surface area contributed by atoms with Crippen LogP contribution in [0.5, 0.6) is 0 Å². The van der Waals surface area contributed by atoms with Gasteiger partial charge < -0.3 is 20.5 Å². The molecule has 2 unspecified atom stereocenters. The first-order chi connectivity index (χ1) is 15.3. The minimum Gasteiger partial charge on any atom is -0.481 e. The third-order valence-electron chi connectivity index (χ3n) is 6.11. The highest BCUT2D eigenvalue weighted by Gasteiger charge is 2.41. The Bertz CT molecular complexity index is 1010. The Balaban J connectivity index is 1.40. The first-order valence-electron chi connectivity index (χ1n) is 10.5. The molecule has 2 atom stereocenters. The lowest BCUT2D eigenvalue weighted by Gasteiger charge is -2.44. The van der Waals surface area contributed by atoms with Crippen molar-refractivity contribution in [1.82, 2.24) is 10.6 Å². The van der Waals surface area contributed by atoms with E-state index < -0.39 is 30.4 Å². The van der Waals surface area contributed by atoms with E-state index in [2.05, 4.69) is 10.6 Å². The quantitative estimate of drug-likeness (QED) is 0.593. The van der Waals surface area contributed by atoms with Crippen LogP contribution in [0, 0.1) is 0 Å². The molecule has 2 aliphatic rings. The second-order valence-electron chi connectivity index (χ2n) is 8.60. The van der Waals surface area contributed by atoms with Gasteiger partial charge in [0.25, 0.3) is 0 Å². The van der Waals surface area contributed by atoms with Crippen LogP contribution in [0.2, 0.25) is 0 Å². The van der Waals surface area contributed by atoms with Crippen molar-refractivity contribution in [3.05, 3.63) is 59.7 Å². The monoisotopic (exact) mass is 454 g/mol. The third-order valence-corrected chi connectivity index (χ3v) is 7.64. The molecule has 7 nitrogen and oxygen atoms in total. The number of hydrogen-bond acceptors (Lipinski definition) is 5. The van der Waals surface area contributed by atoms with Gasteiger partial charge in [0.05, 0.1) is 12.5 Å². The second kappa shape index (κ2) is 8.86. The topological polar surface area (TPSA) is 105 Å². The zero-order valence-corrected chi connectivity index (χ0v) is 18.8. The van der Waals surface area contributed by atoms with Crippen molar-refractivity contribution in [2.24, 2.45) is 0 Å². The minimum absolute atomic E-state index is 0.0689. The Morgan fingerprint density at radius 1 is 1.09 bits per heavy atom. The summed E-state index contributed by atoms with van der Waals surface area (Å²) >= 11 is 1.72. The minimum atomic E-state index is -1.20. The summed E-state index contributed by atoms with van der Waals surface area (Å²) in [4.78, 5) is 36.4. The molecule has 2 amide bonds. The van der Waals surface area contributed by atoms with Crippen LogP contribution in [0.25, 0.3) is 11.1 Å². The maximum absolute atomic E-state index is 12.6. The Kier molecular flexibility index (Phi) is 6.15. The second-order valence-corrected chi connectivity index (χ2v) is 10.3. The van der Waals surface area contributed by atoms with Gasteiger partial charge in [-0.15, -0.1) is 0 Å². The summed E-state index contributed by atoms with van der Waals surface area (Å²) in [6, 6.07) is 14.7. The Morgan fingerprint density at radius 3 is 2.19 bits per heavy atom. The van der Waals surface area contributed by atoms with E-state index in [1.807, 2.05) is 62.4 Å². The molecule has 32 heavy (non-hydrogen) atoms. The standard InChI is InChI=1S/C24H26N2O5S/c1-24(2)20(13-32-24)26-22(29)19(11-21(27)28)25-23(30)31-12-18-16-9-5-3-7-14(16)15-8-4-6-10-17(15)18/h3-10,18-20H,11-13H2,1-2H3,(H,25,30)(H,26,29)(H,27,28). The van der Waals surface area contributed by atoms with E-state index in [-0.39, 0.29) is 23.3 Å². The number of ether oxygens (including phenoxy) is 1. The molecule has 1 aliphatic carbocycles. The van der Waals surface area contributed by atoms with Crippen LogP contribution >= 0.6 is 11.8 Å². The highest BCUT2D eigenvalue weighted by Crippen LogP contribution is 2.44. The van der Waals surface area contributed by atoms with Gasteiger partial charge >= 0.3 is 12.1 Å². The number of carboxylic acid groups (broad SMARTS) is 1. The van der Waals surface area contributed by atoms with Gasteiger partial charge in [-0.3, -0.25) is 9.59 Å². The van der Waals surface area contributed by atoms with E-state index >= 15 is 0 Å². The van der Waals surface area contributed by atoms with Crippen molar-refractivity contribution in [3.8, 4) is 11.1 Å². The number of carbonyl (C=O) groups excluding carboxylic acids is 2. The van der Waals surface area contributed by atoms with Gasteiger partial charge in [-0.25, -0.2) is 4.79 Å². The number of alkyl carbamates (subject to hydrolysis) is 1. The Hall–Kier alpha value is -3.00. The summed E-state index contributed by atoms with van der Waals surface area (Å²) in [5.74, 6) is -1.05. The number of fused-ring (bicyclic) bond motifs is 3. The maximum Gasteiger partial charge on any atom is 0.407 e.